The second-order valence-corrected chi connectivity index (χ2v) is 6.09. The smallest absolute Gasteiger partial charge is 0.137 e. The number of hydrogen-bond acceptors (Lipinski definition) is 2. The van der Waals surface area contributed by atoms with Gasteiger partial charge in [0, 0.05) is 5.56 Å². The molecule has 2 rings (SSSR count). The van der Waals surface area contributed by atoms with Gasteiger partial charge in [0.15, 0.2) is 0 Å². The molecule has 0 saturated carbocycles. The molecule has 2 heteroatoms. The van der Waals surface area contributed by atoms with Crippen molar-refractivity contribution < 1.29 is 4.74 Å². The highest BCUT2D eigenvalue weighted by molar-refractivity contribution is 5.59. The lowest BCUT2D eigenvalue weighted by molar-refractivity contribution is 0.316. The lowest BCUT2D eigenvalue weighted by Crippen LogP contribution is -1.95. The second kappa shape index (κ2) is 10.0. The van der Waals surface area contributed by atoms with Gasteiger partial charge in [-0.05, 0) is 37.0 Å². The van der Waals surface area contributed by atoms with Crippen molar-refractivity contribution in [2.24, 2.45) is 0 Å². The molecule has 0 fully saturated rings. The minimum atomic E-state index is 0.744. The Morgan fingerprint density at radius 1 is 0.826 bits per heavy atom. The van der Waals surface area contributed by atoms with Gasteiger partial charge in [0.1, 0.15) is 5.75 Å². The van der Waals surface area contributed by atoms with Crippen molar-refractivity contribution in [3.8, 4) is 17.0 Å². The summed E-state index contributed by atoms with van der Waals surface area (Å²) in [7, 11) is 0. The van der Waals surface area contributed by atoms with Gasteiger partial charge in [0.25, 0.3) is 0 Å². The highest BCUT2D eigenvalue weighted by atomic mass is 16.5. The molecule has 0 radical (unpaired) electrons. The summed E-state index contributed by atoms with van der Waals surface area (Å²) >= 11 is 0. The van der Waals surface area contributed by atoms with Crippen molar-refractivity contribution in [2.75, 3.05) is 6.61 Å². The fourth-order valence-corrected chi connectivity index (χ4v) is 2.63. The molecular weight excluding hydrogens is 282 g/mol. The SMILES string of the molecule is CCCCCCCc1ccc(-c2ccc(OCCC)cn2)cc1. The van der Waals surface area contributed by atoms with Gasteiger partial charge < -0.3 is 4.74 Å². The molecule has 1 aromatic carbocycles. The summed E-state index contributed by atoms with van der Waals surface area (Å²) in [5.74, 6) is 0.847. The monoisotopic (exact) mass is 311 g/mol. The van der Waals surface area contributed by atoms with E-state index in [9.17, 15) is 0 Å². The Balaban J connectivity index is 1.86. The number of nitrogens with zero attached hydrogens (tertiary/aromatic N) is 1. The van der Waals surface area contributed by atoms with Gasteiger partial charge >= 0.3 is 0 Å². The molecule has 0 amide bonds. The zero-order chi connectivity index (χ0) is 16.3. The van der Waals surface area contributed by atoms with Crippen LogP contribution in [0.5, 0.6) is 5.75 Å². The lowest BCUT2D eigenvalue weighted by Gasteiger charge is -2.06. The maximum atomic E-state index is 5.57. The van der Waals surface area contributed by atoms with E-state index in [4.69, 9.17) is 4.74 Å². The van der Waals surface area contributed by atoms with E-state index in [-0.39, 0.29) is 0 Å². The Kier molecular flexibility index (Phi) is 7.65. The van der Waals surface area contributed by atoms with Crippen molar-refractivity contribution in [1.29, 1.82) is 0 Å². The van der Waals surface area contributed by atoms with E-state index < -0.39 is 0 Å². The van der Waals surface area contributed by atoms with Crippen LogP contribution < -0.4 is 4.74 Å². The van der Waals surface area contributed by atoms with E-state index in [0.29, 0.717) is 0 Å². The molecule has 1 aromatic heterocycles. The van der Waals surface area contributed by atoms with Gasteiger partial charge in [-0.1, -0.05) is 63.8 Å². The van der Waals surface area contributed by atoms with Crippen LogP contribution in [-0.4, -0.2) is 11.6 Å². The Labute approximate surface area is 140 Å². The van der Waals surface area contributed by atoms with Crippen molar-refractivity contribution in [2.45, 2.75) is 58.8 Å². The number of unbranched alkanes of at least 4 members (excludes halogenated alkanes) is 4. The van der Waals surface area contributed by atoms with E-state index in [0.717, 1.165) is 24.5 Å². The second-order valence-electron chi connectivity index (χ2n) is 6.09. The summed E-state index contributed by atoms with van der Waals surface area (Å²) in [6, 6.07) is 12.9. The van der Waals surface area contributed by atoms with Crippen LogP contribution in [0.2, 0.25) is 0 Å². The van der Waals surface area contributed by atoms with Crippen LogP contribution in [0.3, 0.4) is 0 Å². The molecule has 0 spiro atoms. The molecule has 0 aliphatic heterocycles. The predicted octanol–water partition coefficient (Wildman–Crippen LogP) is 6.05. The Morgan fingerprint density at radius 2 is 1.61 bits per heavy atom. The van der Waals surface area contributed by atoms with Crippen molar-refractivity contribution in [1.82, 2.24) is 4.98 Å². The Morgan fingerprint density at radius 3 is 2.26 bits per heavy atom. The highest BCUT2D eigenvalue weighted by Crippen LogP contribution is 2.21. The van der Waals surface area contributed by atoms with Crippen LogP contribution in [0.25, 0.3) is 11.3 Å². The average Bonchev–Trinajstić information content (AvgIpc) is 2.61. The van der Waals surface area contributed by atoms with Gasteiger partial charge in [0.2, 0.25) is 0 Å². The summed E-state index contributed by atoms with van der Waals surface area (Å²) in [5, 5.41) is 0. The topological polar surface area (TPSA) is 22.1 Å². The van der Waals surface area contributed by atoms with Crippen LogP contribution in [0.15, 0.2) is 42.6 Å². The van der Waals surface area contributed by atoms with Crippen molar-refractivity contribution >= 4 is 0 Å². The summed E-state index contributed by atoms with van der Waals surface area (Å²) in [4.78, 5) is 4.50. The van der Waals surface area contributed by atoms with Crippen LogP contribution in [0.1, 0.15) is 57.9 Å². The fraction of sp³-hybridized carbons (Fsp3) is 0.476. The van der Waals surface area contributed by atoms with Gasteiger partial charge in [-0.25, -0.2) is 0 Å². The molecule has 0 N–H and O–H groups in total. The maximum Gasteiger partial charge on any atom is 0.137 e. The summed E-state index contributed by atoms with van der Waals surface area (Å²) in [6.45, 7) is 5.11. The first kappa shape index (κ1) is 17.5. The van der Waals surface area contributed by atoms with Crippen molar-refractivity contribution in [3.63, 3.8) is 0 Å². The summed E-state index contributed by atoms with van der Waals surface area (Å²) < 4.78 is 5.57. The molecule has 0 saturated heterocycles. The number of pyridine rings is 1. The van der Waals surface area contributed by atoms with Gasteiger partial charge in [-0.15, -0.1) is 0 Å². The average molecular weight is 311 g/mol. The number of benzene rings is 1. The molecule has 0 unspecified atom stereocenters. The van der Waals surface area contributed by atoms with Crippen molar-refractivity contribution in [3.05, 3.63) is 48.2 Å². The van der Waals surface area contributed by atoms with E-state index >= 15 is 0 Å². The zero-order valence-corrected chi connectivity index (χ0v) is 14.6. The molecule has 124 valence electrons. The molecule has 0 aliphatic rings. The first-order chi connectivity index (χ1) is 11.3. The normalized spacial score (nSPS) is 10.7. The standard InChI is InChI=1S/C21H29NO/c1-3-5-6-7-8-9-18-10-12-19(13-11-18)21-15-14-20(17-22-21)23-16-4-2/h10-15,17H,3-9,16H2,1-2H3. The van der Waals surface area contributed by atoms with Gasteiger partial charge in [-0.2, -0.15) is 0 Å². The van der Waals surface area contributed by atoms with Crippen LogP contribution in [-0.2, 0) is 6.42 Å². The summed E-state index contributed by atoms with van der Waals surface area (Å²) in [6.07, 6.45) is 10.7. The van der Waals surface area contributed by atoms with E-state index in [1.165, 1.54) is 49.7 Å². The molecular formula is C21H29NO. The first-order valence-electron chi connectivity index (χ1n) is 9.01. The largest absolute Gasteiger partial charge is 0.492 e. The third-order valence-electron chi connectivity index (χ3n) is 4.03. The quantitative estimate of drug-likeness (QED) is 0.498. The number of rotatable bonds is 10. The number of ether oxygens (including phenoxy) is 1. The molecule has 1 heterocycles. The van der Waals surface area contributed by atoms with Gasteiger partial charge in [-0.3, -0.25) is 4.98 Å². The predicted molar refractivity (Wildman–Crippen MR) is 97.9 cm³/mol. The van der Waals surface area contributed by atoms with Crippen LogP contribution >= 0.6 is 0 Å². The van der Waals surface area contributed by atoms with E-state index in [1.807, 2.05) is 18.3 Å². The zero-order valence-electron chi connectivity index (χ0n) is 14.6. The first-order valence-corrected chi connectivity index (χ1v) is 9.01. The van der Waals surface area contributed by atoms with Gasteiger partial charge in [0.05, 0.1) is 18.5 Å². The third kappa shape index (κ3) is 6.05. The maximum absolute atomic E-state index is 5.57. The highest BCUT2D eigenvalue weighted by Gasteiger charge is 2.01. The van der Waals surface area contributed by atoms with E-state index in [2.05, 4.69) is 43.1 Å². The Hall–Kier alpha value is -1.83. The third-order valence-corrected chi connectivity index (χ3v) is 4.03. The van der Waals surface area contributed by atoms with Crippen LogP contribution in [0.4, 0.5) is 0 Å². The summed E-state index contributed by atoms with van der Waals surface area (Å²) in [5.41, 5.74) is 3.60. The Bertz CT molecular complexity index is 545. The number of aryl methyl sites for hydroxylation is 1. The lowest BCUT2D eigenvalue weighted by atomic mass is 10.0. The number of aromatic nitrogens is 1. The fourth-order valence-electron chi connectivity index (χ4n) is 2.63. The molecule has 2 nitrogen and oxygen atoms in total. The van der Waals surface area contributed by atoms with Crippen LogP contribution in [0, 0.1) is 0 Å². The molecule has 23 heavy (non-hydrogen) atoms. The molecule has 0 aliphatic carbocycles. The molecule has 0 bridgehead atoms. The molecule has 0 atom stereocenters. The minimum absolute atomic E-state index is 0.744. The minimum Gasteiger partial charge on any atom is -0.492 e. The number of hydrogen-bond donors (Lipinski definition) is 0. The van der Waals surface area contributed by atoms with E-state index in [1.54, 1.807) is 0 Å². The molecule has 2 aromatic rings.